The van der Waals surface area contributed by atoms with Gasteiger partial charge in [-0.2, -0.15) is 0 Å². The van der Waals surface area contributed by atoms with Gasteiger partial charge in [0.25, 0.3) is 0 Å². The van der Waals surface area contributed by atoms with Crippen LogP contribution in [0.3, 0.4) is 0 Å². The summed E-state index contributed by atoms with van der Waals surface area (Å²) in [6, 6.07) is 0.920. The Morgan fingerprint density at radius 2 is 2.06 bits per heavy atom. The lowest BCUT2D eigenvalue weighted by Gasteiger charge is -2.41. The first-order valence-corrected chi connectivity index (χ1v) is 7.81. The molecule has 0 radical (unpaired) electrons. The third-order valence-electron chi connectivity index (χ3n) is 4.90. The summed E-state index contributed by atoms with van der Waals surface area (Å²) in [5.41, 5.74) is 0.503. The number of halogens is 1. The first-order chi connectivity index (χ1) is 7.81. The van der Waals surface area contributed by atoms with Crippen LogP contribution in [-0.4, -0.2) is 42.6 Å². The quantitative estimate of drug-likeness (QED) is 0.740. The van der Waals surface area contributed by atoms with Crippen LogP contribution in [-0.2, 0) is 4.74 Å². The molecule has 92 valence electrons. The third kappa shape index (κ3) is 2.06. The van der Waals surface area contributed by atoms with E-state index in [0.717, 1.165) is 30.5 Å². The fourth-order valence-corrected chi connectivity index (χ4v) is 4.53. The molecule has 2 bridgehead atoms. The monoisotopic (exact) mass is 287 g/mol. The van der Waals surface area contributed by atoms with Crippen molar-refractivity contribution in [1.29, 1.82) is 0 Å². The van der Waals surface area contributed by atoms with Gasteiger partial charge in [0, 0.05) is 37.7 Å². The standard InChI is InChI=1S/C13H22BrNO/c14-9-13(3-5-16-6-4-13)10-15-8-11-1-2-12(15)7-11/h11-12H,1-10H2. The summed E-state index contributed by atoms with van der Waals surface area (Å²) in [4.78, 5) is 2.78. The van der Waals surface area contributed by atoms with Crippen LogP contribution in [0.2, 0.25) is 0 Å². The van der Waals surface area contributed by atoms with E-state index in [9.17, 15) is 0 Å². The molecule has 16 heavy (non-hydrogen) atoms. The number of rotatable bonds is 3. The second-order valence-corrected chi connectivity index (χ2v) is 6.57. The van der Waals surface area contributed by atoms with E-state index in [1.54, 1.807) is 0 Å². The van der Waals surface area contributed by atoms with Gasteiger partial charge in [0.2, 0.25) is 0 Å². The zero-order chi connectivity index (χ0) is 11.0. The zero-order valence-electron chi connectivity index (χ0n) is 9.96. The minimum absolute atomic E-state index is 0.503. The highest BCUT2D eigenvalue weighted by Crippen LogP contribution is 2.41. The summed E-state index contributed by atoms with van der Waals surface area (Å²) >= 11 is 3.75. The molecule has 2 atom stereocenters. The molecule has 3 fully saturated rings. The fourth-order valence-electron chi connectivity index (χ4n) is 3.79. The van der Waals surface area contributed by atoms with Crippen molar-refractivity contribution in [2.24, 2.45) is 11.3 Å². The predicted octanol–water partition coefficient (Wildman–Crippen LogP) is 2.66. The molecule has 0 aromatic rings. The van der Waals surface area contributed by atoms with Crippen molar-refractivity contribution in [3.05, 3.63) is 0 Å². The Kier molecular flexibility index (Phi) is 3.29. The molecular weight excluding hydrogens is 266 g/mol. The SMILES string of the molecule is BrCC1(CN2CC3CCC2C3)CCOCC1. The summed E-state index contributed by atoms with van der Waals surface area (Å²) in [6.07, 6.45) is 6.91. The maximum atomic E-state index is 5.51. The number of nitrogens with zero attached hydrogens (tertiary/aromatic N) is 1. The number of piperidine rings is 1. The number of hydrogen-bond acceptors (Lipinski definition) is 2. The average Bonchev–Trinajstić information content (AvgIpc) is 2.92. The molecule has 1 saturated carbocycles. The second kappa shape index (κ2) is 4.58. The molecule has 0 spiro atoms. The van der Waals surface area contributed by atoms with E-state index in [1.807, 2.05) is 0 Å². The van der Waals surface area contributed by atoms with Gasteiger partial charge in [-0.1, -0.05) is 15.9 Å². The summed E-state index contributed by atoms with van der Waals surface area (Å²) < 4.78 is 5.51. The van der Waals surface area contributed by atoms with E-state index in [0.29, 0.717) is 5.41 Å². The number of alkyl halides is 1. The highest BCUT2D eigenvalue weighted by molar-refractivity contribution is 9.09. The highest BCUT2D eigenvalue weighted by atomic mass is 79.9. The van der Waals surface area contributed by atoms with Gasteiger partial charge < -0.3 is 4.74 Å². The van der Waals surface area contributed by atoms with E-state index in [-0.39, 0.29) is 0 Å². The van der Waals surface area contributed by atoms with E-state index in [1.165, 1.54) is 45.2 Å². The third-order valence-corrected chi connectivity index (χ3v) is 6.09. The Hall–Kier alpha value is 0.400. The molecule has 0 aromatic carbocycles. The van der Waals surface area contributed by atoms with Gasteiger partial charge in [-0.3, -0.25) is 4.90 Å². The first kappa shape index (κ1) is 11.5. The predicted molar refractivity (Wildman–Crippen MR) is 69.0 cm³/mol. The van der Waals surface area contributed by atoms with Gasteiger partial charge >= 0.3 is 0 Å². The lowest BCUT2D eigenvalue weighted by Crippen LogP contribution is -2.45. The average molecular weight is 288 g/mol. The van der Waals surface area contributed by atoms with Crippen molar-refractivity contribution >= 4 is 15.9 Å². The molecule has 3 rings (SSSR count). The Balaban J connectivity index is 1.63. The van der Waals surface area contributed by atoms with Crippen LogP contribution in [0.5, 0.6) is 0 Å². The van der Waals surface area contributed by atoms with Crippen LogP contribution in [0.4, 0.5) is 0 Å². The number of hydrogen-bond donors (Lipinski definition) is 0. The summed E-state index contributed by atoms with van der Waals surface area (Å²) in [6.45, 7) is 4.62. The van der Waals surface area contributed by atoms with Crippen molar-refractivity contribution in [3.63, 3.8) is 0 Å². The highest BCUT2D eigenvalue weighted by Gasteiger charge is 2.42. The lowest BCUT2D eigenvalue weighted by atomic mass is 9.81. The molecule has 3 heteroatoms. The van der Waals surface area contributed by atoms with Gasteiger partial charge in [-0.05, 0) is 43.4 Å². The summed E-state index contributed by atoms with van der Waals surface area (Å²) in [5.74, 6) is 1.03. The Morgan fingerprint density at radius 1 is 1.25 bits per heavy atom. The van der Waals surface area contributed by atoms with Crippen LogP contribution >= 0.6 is 15.9 Å². The normalized spacial score (nSPS) is 38.1. The van der Waals surface area contributed by atoms with Gasteiger partial charge in [0.15, 0.2) is 0 Å². The second-order valence-electron chi connectivity index (χ2n) is 6.01. The molecule has 2 nitrogen and oxygen atoms in total. The molecule has 2 aliphatic heterocycles. The molecular formula is C13H22BrNO. The Labute approximate surface area is 107 Å². The molecule has 2 heterocycles. The van der Waals surface area contributed by atoms with Crippen molar-refractivity contribution in [2.45, 2.75) is 38.1 Å². The number of fused-ring (bicyclic) bond motifs is 2. The first-order valence-electron chi connectivity index (χ1n) is 6.69. The van der Waals surface area contributed by atoms with Crippen molar-refractivity contribution in [3.8, 4) is 0 Å². The van der Waals surface area contributed by atoms with Gasteiger partial charge in [-0.25, -0.2) is 0 Å². The molecule has 1 aliphatic carbocycles. The Morgan fingerprint density at radius 3 is 2.62 bits per heavy atom. The summed E-state index contributed by atoms with van der Waals surface area (Å²) in [7, 11) is 0. The lowest BCUT2D eigenvalue weighted by molar-refractivity contribution is 0.00309. The molecule has 0 aromatic heterocycles. The van der Waals surface area contributed by atoms with Gasteiger partial charge in [0.05, 0.1) is 0 Å². The molecule has 0 N–H and O–H groups in total. The Bertz CT molecular complexity index is 252. The van der Waals surface area contributed by atoms with Crippen molar-refractivity contribution in [1.82, 2.24) is 4.90 Å². The topological polar surface area (TPSA) is 12.5 Å². The zero-order valence-corrected chi connectivity index (χ0v) is 11.5. The van der Waals surface area contributed by atoms with E-state index in [4.69, 9.17) is 4.74 Å². The van der Waals surface area contributed by atoms with Gasteiger partial charge in [-0.15, -0.1) is 0 Å². The maximum Gasteiger partial charge on any atom is 0.0472 e. The smallest absolute Gasteiger partial charge is 0.0472 e. The maximum absolute atomic E-state index is 5.51. The fraction of sp³-hybridized carbons (Fsp3) is 1.00. The van der Waals surface area contributed by atoms with Crippen LogP contribution in [0.1, 0.15) is 32.1 Å². The largest absolute Gasteiger partial charge is 0.381 e. The van der Waals surface area contributed by atoms with E-state index < -0.39 is 0 Å². The minimum atomic E-state index is 0.503. The van der Waals surface area contributed by atoms with Crippen LogP contribution in [0.15, 0.2) is 0 Å². The van der Waals surface area contributed by atoms with Crippen molar-refractivity contribution < 1.29 is 4.74 Å². The molecule has 2 saturated heterocycles. The van der Waals surface area contributed by atoms with Gasteiger partial charge in [0.1, 0.15) is 0 Å². The van der Waals surface area contributed by atoms with Crippen LogP contribution in [0, 0.1) is 11.3 Å². The number of ether oxygens (including phenoxy) is 1. The number of likely N-dealkylation sites (tertiary alicyclic amines) is 1. The molecule has 3 aliphatic rings. The minimum Gasteiger partial charge on any atom is -0.381 e. The van der Waals surface area contributed by atoms with E-state index >= 15 is 0 Å². The molecule has 0 amide bonds. The van der Waals surface area contributed by atoms with Crippen molar-refractivity contribution in [2.75, 3.05) is 31.6 Å². The van der Waals surface area contributed by atoms with E-state index in [2.05, 4.69) is 20.8 Å². The van der Waals surface area contributed by atoms with Crippen LogP contribution in [0.25, 0.3) is 0 Å². The molecule has 2 unspecified atom stereocenters. The summed E-state index contributed by atoms with van der Waals surface area (Å²) in [5, 5.41) is 1.15. The van der Waals surface area contributed by atoms with Crippen LogP contribution < -0.4 is 0 Å².